The van der Waals surface area contributed by atoms with Crippen LogP contribution in [-0.4, -0.2) is 26.6 Å². The van der Waals surface area contributed by atoms with Crippen LogP contribution in [-0.2, 0) is 27.8 Å². The van der Waals surface area contributed by atoms with Gasteiger partial charge in [0.15, 0.2) is 11.6 Å². The highest BCUT2D eigenvalue weighted by Crippen LogP contribution is 2.43. The number of rotatable bonds is 9. The van der Waals surface area contributed by atoms with Crippen molar-refractivity contribution in [3.05, 3.63) is 89.2 Å². The number of benzene rings is 3. The summed E-state index contributed by atoms with van der Waals surface area (Å²) in [7, 11) is -3.52. The van der Waals surface area contributed by atoms with Gasteiger partial charge in [0.1, 0.15) is 18.2 Å². The number of ether oxygens (including phenoxy) is 1. The standard InChI is InChI=1S/C27H27F3N2O4S/c1-37(34,35)32-19-12-13-27(15-19,26(31)33)14-18-10-11-21(28)23(24(18)30)20-8-5-9-22(29)25(20)36-16-17-6-3-2-4-7-17/h2-11,19,32H,12-16H2,1H3,(H2,31,33)/t19-,27+/m0/s1. The summed E-state index contributed by atoms with van der Waals surface area (Å²) in [6, 6.07) is 14.5. The molecule has 196 valence electrons. The highest BCUT2D eigenvalue weighted by molar-refractivity contribution is 7.88. The molecule has 3 aromatic carbocycles. The first-order valence-corrected chi connectivity index (χ1v) is 13.6. The number of primary amides is 1. The zero-order valence-corrected chi connectivity index (χ0v) is 21.0. The molecule has 1 aliphatic carbocycles. The number of carbonyl (C=O) groups excluding carboxylic acids is 1. The van der Waals surface area contributed by atoms with Crippen molar-refractivity contribution in [1.29, 1.82) is 0 Å². The average Bonchev–Trinajstić information content (AvgIpc) is 3.23. The Morgan fingerprint density at radius 2 is 1.78 bits per heavy atom. The molecule has 1 fully saturated rings. The first-order valence-electron chi connectivity index (χ1n) is 11.7. The average molecular weight is 533 g/mol. The third-order valence-corrected chi connectivity index (χ3v) is 7.44. The van der Waals surface area contributed by atoms with Gasteiger partial charge in [-0.15, -0.1) is 0 Å². The fraction of sp³-hybridized carbons (Fsp3) is 0.296. The van der Waals surface area contributed by atoms with Crippen LogP contribution >= 0.6 is 0 Å². The number of hydrogen-bond donors (Lipinski definition) is 2. The van der Waals surface area contributed by atoms with Crippen molar-refractivity contribution in [3.8, 4) is 16.9 Å². The fourth-order valence-corrected chi connectivity index (χ4v) is 5.73. The number of para-hydroxylation sites is 1. The second-order valence-corrected chi connectivity index (χ2v) is 11.2. The zero-order chi connectivity index (χ0) is 26.8. The van der Waals surface area contributed by atoms with E-state index >= 15 is 8.78 Å². The van der Waals surface area contributed by atoms with Crippen LogP contribution in [0.2, 0.25) is 0 Å². The Labute approximate surface area is 213 Å². The minimum absolute atomic E-state index is 0.00785. The van der Waals surface area contributed by atoms with E-state index in [-0.39, 0.29) is 42.7 Å². The minimum atomic E-state index is -3.52. The van der Waals surface area contributed by atoms with Crippen LogP contribution in [0, 0.1) is 22.9 Å². The lowest BCUT2D eigenvalue weighted by molar-refractivity contribution is -0.127. The SMILES string of the molecule is CS(=O)(=O)N[C@H]1CC[C@](Cc2ccc(F)c(-c3cccc(F)c3OCc3ccccc3)c2F)(C(N)=O)C1. The van der Waals surface area contributed by atoms with Gasteiger partial charge >= 0.3 is 0 Å². The molecule has 0 bridgehead atoms. The zero-order valence-electron chi connectivity index (χ0n) is 20.1. The Bertz CT molecular complexity index is 1420. The Hall–Kier alpha value is -3.37. The van der Waals surface area contributed by atoms with Crippen molar-refractivity contribution in [2.24, 2.45) is 11.1 Å². The van der Waals surface area contributed by atoms with Gasteiger partial charge in [0, 0.05) is 11.6 Å². The Morgan fingerprint density at radius 3 is 2.46 bits per heavy atom. The van der Waals surface area contributed by atoms with Crippen LogP contribution in [0.4, 0.5) is 13.2 Å². The lowest BCUT2D eigenvalue weighted by Gasteiger charge is -2.26. The third kappa shape index (κ3) is 5.97. The molecule has 3 N–H and O–H groups in total. The lowest BCUT2D eigenvalue weighted by atomic mass is 9.78. The van der Waals surface area contributed by atoms with Crippen LogP contribution in [0.3, 0.4) is 0 Å². The molecule has 37 heavy (non-hydrogen) atoms. The van der Waals surface area contributed by atoms with Gasteiger partial charge in [-0.3, -0.25) is 4.79 Å². The van der Waals surface area contributed by atoms with Crippen molar-refractivity contribution >= 4 is 15.9 Å². The van der Waals surface area contributed by atoms with Crippen LogP contribution in [0.5, 0.6) is 5.75 Å². The van der Waals surface area contributed by atoms with Crippen LogP contribution in [0.25, 0.3) is 11.1 Å². The third-order valence-electron chi connectivity index (χ3n) is 6.67. The smallest absolute Gasteiger partial charge is 0.224 e. The van der Waals surface area contributed by atoms with Crippen molar-refractivity contribution in [2.45, 2.75) is 38.3 Å². The summed E-state index contributed by atoms with van der Waals surface area (Å²) in [5.74, 6) is -3.67. The molecular formula is C27H27F3N2O4S. The van der Waals surface area contributed by atoms with E-state index < -0.39 is 50.4 Å². The normalized spacial score (nSPS) is 19.6. The summed E-state index contributed by atoms with van der Waals surface area (Å²) in [5, 5.41) is 0. The summed E-state index contributed by atoms with van der Waals surface area (Å²) in [5.41, 5.74) is 4.62. The van der Waals surface area contributed by atoms with Gasteiger partial charge in [0.05, 0.1) is 17.2 Å². The maximum absolute atomic E-state index is 15.9. The molecule has 0 unspecified atom stereocenters. The number of nitrogens with two attached hydrogens (primary N) is 1. The van der Waals surface area contributed by atoms with E-state index in [0.29, 0.717) is 6.42 Å². The maximum atomic E-state index is 15.9. The molecule has 0 radical (unpaired) electrons. The van der Waals surface area contributed by atoms with E-state index in [2.05, 4.69) is 4.72 Å². The number of amides is 1. The molecule has 1 saturated carbocycles. The van der Waals surface area contributed by atoms with E-state index in [0.717, 1.165) is 24.0 Å². The van der Waals surface area contributed by atoms with Crippen molar-refractivity contribution in [2.75, 3.05) is 6.26 Å². The lowest BCUT2D eigenvalue weighted by Crippen LogP contribution is -2.40. The molecule has 2 atom stereocenters. The number of halogens is 3. The number of sulfonamides is 1. The quantitative estimate of drug-likeness (QED) is 0.425. The first kappa shape index (κ1) is 26.7. The van der Waals surface area contributed by atoms with Crippen LogP contribution in [0.15, 0.2) is 60.7 Å². The minimum Gasteiger partial charge on any atom is -0.485 e. The Kier molecular flexibility index (Phi) is 7.61. The highest BCUT2D eigenvalue weighted by Gasteiger charge is 2.45. The summed E-state index contributed by atoms with van der Waals surface area (Å²) in [6.07, 6.45) is 1.49. The van der Waals surface area contributed by atoms with E-state index in [4.69, 9.17) is 10.5 Å². The fourth-order valence-electron chi connectivity index (χ4n) is 4.93. The summed E-state index contributed by atoms with van der Waals surface area (Å²) >= 11 is 0. The summed E-state index contributed by atoms with van der Waals surface area (Å²) in [4.78, 5) is 12.5. The first-order chi connectivity index (χ1) is 17.5. The highest BCUT2D eigenvalue weighted by atomic mass is 32.2. The van der Waals surface area contributed by atoms with Gasteiger partial charge in [0.2, 0.25) is 15.9 Å². The molecule has 0 aliphatic heterocycles. The van der Waals surface area contributed by atoms with Crippen molar-refractivity contribution in [3.63, 3.8) is 0 Å². The molecule has 6 nitrogen and oxygen atoms in total. The van der Waals surface area contributed by atoms with Crippen molar-refractivity contribution in [1.82, 2.24) is 4.72 Å². The summed E-state index contributed by atoms with van der Waals surface area (Å²) < 4.78 is 77.1. The summed E-state index contributed by atoms with van der Waals surface area (Å²) in [6.45, 7) is -0.0167. The van der Waals surface area contributed by atoms with Gasteiger partial charge in [-0.25, -0.2) is 26.3 Å². The molecule has 0 saturated heterocycles. The molecule has 10 heteroatoms. The van der Waals surface area contributed by atoms with E-state index in [9.17, 15) is 17.6 Å². The molecule has 1 amide bonds. The molecule has 0 heterocycles. The van der Waals surface area contributed by atoms with Gasteiger partial charge in [-0.1, -0.05) is 48.5 Å². The largest absolute Gasteiger partial charge is 0.485 e. The monoisotopic (exact) mass is 532 g/mol. The van der Waals surface area contributed by atoms with Gasteiger partial charge in [-0.2, -0.15) is 0 Å². The number of carbonyl (C=O) groups is 1. The molecule has 0 spiro atoms. The predicted molar refractivity (Wildman–Crippen MR) is 133 cm³/mol. The predicted octanol–water partition coefficient (Wildman–Crippen LogP) is 4.47. The molecule has 0 aromatic heterocycles. The second kappa shape index (κ2) is 10.5. The van der Waals surface area contributed by atoms with Gasteiger partial charge in [-0.05, 0) is 48.9 Å². The van der Waals surface area contributed by atoms with Crippen LogP contribution in [0.1, 0.15) is 30.4 Å². The van der Waals surface area contributed by atoms with E-state index in [1.54, 1.807) is 24.3 Å². The van der Waals surface area contributed by atoms with E-state index in [1.165, 1.54) is 18.2 Å². The Morgan fingerprint density at radius 1 is 1.05 bits per heavy atom. The number of hydrogen-bond acceptors (Lipinski definition) is 4. The van der Waals surface area contributed by atoms with Crippen LogP contribution < -0.4 is 15.2 Å². The molecule has 3 aromatic rings. The topological polar surface area (TPSA) is 98.5 Å². The van der Waals surface area contributed by atoms with E-state index in [1.807, 2.05) is 6.07 Å². The van der Waals surface area contributed by atoms with Gasteiger partial charge < -0.3 is 10.5 Å². The Balaban J connectivity index is 1.69. The number of nitrogens with one attached hydrogen (secondary N) is 1. The molecule has 4 rings (SSSR count). The molecular weight excluding hydrogens is 505 g/mol. The van der Waals surface area contributed by atoms with Crippen molar-refractivity contribution < 1.29 is 31.1 Å². The van der Waals surface area contributed by atoms with Gasteiger partial charge in [0.25, 0.3) is 0 Å². The molecule has 1 aliphatic rings. The maximum Gasteiger partial charge on any atom is 0.224 e. The second-order valence-electron chi connectivity index (χ2n) is 9.44.